The topological polar surface area (TPSA) is 75.3 Å². The van der Waals surface area contributed by atoms with Gasteiger partial charge >= 0.3 is 0 Å². The number of amides is 1. The quantitative estimate of drug-likeness (QED) is 0.587. The van der Waals surface area contributed by atoms with Crippen molar-refractivity contribution in [3.8, 4) is 0 Å². The Morgan fingerprint density at radius 3 is 2.26 bits per heavy atom. The third-order valence-corrected chi connectivity index (χ3v) is 3.43. The van der Waals surface area contributed by atoms with Gasteiger partial charge in [0.2, 0.25) is 15.9 Å². The molecule has 19 heavy (non-hydrogen) atoms. The molecule has 0 aliphatic heterocycles. The molecule has 2 N–H and O–H groups in total. The molecule has 0 atom stereocenters. The van der Waals surface area contributed by atoms with Crippen LogP contribution in [0.2, 0.25) is 0 Å². The predicted molar refractivity (Wildman–Crippen MR) is 81.2 cm³/mol. The van der Waals surface area contributed by atoms with Crippen molar-refractivity contribution in [2.24, 2.45) is 0 Å². The van der Waals surface area contributed by atoms with Gasteiger partial charge < -0.3 is 5.32 Å². The third-order valence-electron chi connectivity index (χ3n) is 2.26. The van der Waals surface area contributed by atoms with Crippen LogP contribution in [0.4, 0.5) is 11.4 Å². The first-order valence-electron chi connectivity index (χ1n) is 5.84. The molecule has 1 aromatic rings. The lowest BCUT2D eigenvalue weighted by molar-refractivity contribution is -0.116. The molecule has 0 radical (unpaired) electrons. The highest BCUT2D eigenvalue weighted by atomic mass is 79.9. The van der Waals surface area contributed by atoms with E-state index in [4.69, 9.17) is 0 Å². The van der Waals surface area contributed by atoms with Gasteiger partial charge in [-0.1, -0.05) is 15.9 Å². The molecule has 0 saturated heterocycles. The first kappa shape index (κ1) is 16.0. The number of benzene rings is 1. The van der Waals surface area contributed by atoms with Gasteiger partial charge in [0.15, 0.2) is 0 Å². The molecule has 0 saturated carbocycles. The number of alkyl halides is 1. The second-order valence-electron chi connectivity index (χ2n) is 4.15. The number of carbonyl (C=O) groups is 1. The lowest BCUT2D eigenvalue weighted by atomic mass is 10.2. The standard InChI is InChI=1S/C12H17BrN2O3S/c1-19(17,18)15-11-7-5-10(6-8-11)14-12(16)4-2-3-9-13/h5-8,15H,2-4,9H2,1H3,(H,14,16). The molecule has 106 valence electrons. The molecule has 0 aliphatic rings. The average Bonchev–Trinajstić information content (AvgIpc) is 2.30. The van der Waals surface area contributed by atoms with Crippen LogP contribution in [-0.2, 0) is 14.8 Å². The summed E-state index contributed by atoms with van der Waals surface area (Å²) in [6.45, 7) is 0. The van der Waals surface area contributed by atoms with E-state index in [0.29, 0.717) is 17.8 Å². The minimum Gasteiger partial charge on any atom is -0.326 e. The molecule has 7 heteroatoms. The van der Waals surface area contributed by atoms with Gasteiger partial charge in [-0.3, -0.25) is 9.52 Å². The second-order valence-corrected chi connectivity index (χ2v) is 6.69. The number of rotatable bonds is 7. The lowest BCUT2D eigenvalue weighted by Crippen LogP contribution is -2.12. The van der Waals surface area contributed by atoms with Gasteiger partial charge in [-0.15, -0.1) is 0 Å². The van der Waals surface area contributed by atoms with Crippen LogP contribution in [0.1, 0.15) is 19.3 Å². The van der Waals surface area contributed by atoms with E-state index >= 15 is 0 Å². The van der Waals surface area contributed by atoms with Crippen molar-refractivity contribution in [3.63, 3.8) is 0 Å². The first-order valence-corrected chi connectivity index (χ1v) is 8.85. The van der Waals surface area contributed by atoms with Crippen molar-refractivity contribution in [2.45, 2.75) is 19.3 Å². The Bertz CT molecular complexity index is 514. The van der Waals surface area contributed by atoms with Gasteiger partial charge in [0.05, 0.1) is 6.26 Å². The Morgan fingerprint density at radius 2 is 1.74 bits per heavy atom. The van der Waals surface area contributed by atoms with Gasteiger partial charge in [0.25, 0.3) is 0 Å². The zero-order valence-electron chi connectivity index (χ0n) is 10.6. The molecule has 1 aromatic carbocycles. The molecule has 0 aromatic heterocycles. The molecule has 0 spiro atoms. The van der Waals surface area contributed by atoms with Crippen LogP contribution in [0.3, 0.4) is 0 Å². The minimum absolute atomic E-state index is 0.0372. The molecule has 1 rings (SSSR count). The van der Waals surface area contributed by atoms with Gasteiger partial charge in [-0.2, -0.15) is 0 Å². The average molecular weight is 349 g/mol. The maximum Gasteiger partial charge on any atom is 0.229 e. The summed E-state index contributed by atoms with van der Waals surface area (Å²) in [6.07, 6.45) is 3.37. The number of hydrogen-bond donors (Lipinski definition) is 2. The zero-order valence-corrected chi connectivity index (χ0v) is 13.1. The van der Waals surface area contributed by atoms with E-state index in [1.807, 2.05) is 0 Å². The molecule has 0 fully saturated rings. The van der Waals surface area contributed by atoms with Crippen molar-refractivity contribution in [2.75, 3.05) is 21.6 Å². The normalized spacial score (nSPS) is 11.1. The van der Waals surface area contributed by atoms with Crippen LogP contribution < -0.4 is 10.0 Å². The van der Waals surface area contributed by atoms with Gasteiger partial charge in [-0.25, -0.2) is 8.42 Å². The number of anilines is 2. The Morgan fingerprint density at radius 1 is 1.16 bits per heavy atom. The lowest BCUT2D eigenvalue weighted by Gasteiger charge is -2.07. The van der Waals surface area contributed by atoms with Crippen LogP contribution >= 0.6 is 15.9 Å². The van der Waals surface area contributed by atoms with E-state index in [1.54, 1.807) is 24.3 Å². The maximum atomic E-state index is 11.6. The van der Waals surface area contributed by atoms with E-state index in [0.717, 1.165) is 24.4 Å². The zero-order chi connectivity index (χ0) is 14.3. The number of carbonyl (C=O) groups excluding carboxylic acids is 1. The number of sulfonamides is 1. The molecule has 1 amide bonds. The summed E-state index contributed by atoms with van der Waals surface area (Å²) in [5.41, 5.74) is 1.13. The van der Waals surface area contributed by atoms with Crippen LogP contribution in [-0.4, -0.2) is 25.9 Å². The Labute approximate surface area is 122 Å². The SMILES string of the molecule is CS(=O)(=O)Nc1ccc(NC(=O)CCCCBr)cc1. The summed E-state index contributed by atoms with van der Waals surface area (Å²) in [5, 5.41) is 3.65. The highest BCUT2D eigenvalue weighted by Crippen LogP contribution is 2.15. The van der Waals surface area contributed by atoms with Crippen LogP contribution in [0.5, 0.6) is 0 Å². The van der Waals surface area contributed by atoms with Crippen LogP contribution in [0.25, 0.3) is 0 Å². The molecule has 0 bridgehead atoms. The molecule has 0 heterocycles. The Hall–Kier alpha value is -1.08. The molecule has 5 nitrogen and oxygen atoms in total. The van der Waals surface area contributed by atoms with E-state index in [1.165, 1.54) is 0 Å². The monoisotopic (exact) mass is 348 g/mol. The van der Waals surface area contributed by atoms with Gasteiger partial charge in [-0.05, 0) is 37.1 Å². The van der Waals surface area contributed by atoms with E-state index in [2.05, 4.69) is 26.0 Å². The van der Waals surface area contributed by atoms with E-state index in [9.17, 15) is 13.2 Å². The van der Waals surface area contributed by atoms with E-state index in [-0.39, 0.29) is 5.91 Å². The predicted octanol–water partition coefficient (Wildman–Crippen LogP) is 2.56. The molecular formula is C12H17BrN2O3S. The fraction of sp³-hybridized carbons (Fsp3) is 0.417. The molecular weight excluding hydrogens is 332 g/mol. The van der Waals surface area contributed by atoms with Crippen LogP contribution in [0, 0.1) is 0 Å². The summed E-state index contributed by atoms with van der Waals surface area (Å²) in [6, 6.07) is 6.54. The smallest absolute Gasteiger partial charge is 0.229 e. The summed E-state index contributed by atoms with van der Waals surface area (Å²) in [5.74, 6) is -0.0372. The Kier molecular flexibility index (Phi) is 6.30. The molecule has 0 aliphatic carbocycles. The number of nitrogens with one attached hydrogen (secondary N) is 2. The highest BCUT2D eigenvalue weighted by Gasteiger charge is 2.04. The van der Waals surface area contributed by atoms with Crippen molar-refractivity contribution in [3.05, 3.63) is 24.3 Å². The molecule has 0 unspecified atom stereocenters. The van der Waals surface area contributed by atoms with E-state index < -0.39 is 10.0 Å². The van der Waals surface area contributed by atoms with Crippen LogP contribution in [0.15, 0.2) is 24.3 Å². The summed E-state index contributed by atoms with van der Waals surface area (Å²) in [4.78, 5) is 11.6. The van der Waals surface area contributed by atoms with Crippen molar-refractivity contribution < 1.29 is 13.2 Å². The first-order chi connectivity index (χ1) is 8.90. The number of halogens is 1. The van der Waals surface area contributed by atoms with Gasteiger partial charge in [0, 0.05) is 23.1 Å². The third kappa shape index (κ3) is 7.17. The second kappa shape index (κ2) is 7.49. The van der Waals surface area contributed by atoms with Crippen molar-refractivity contribution in [1.82, 2.24) is 0 Å². The number of hydrogen-bond acceptors (Lipinski definition) is 3. The summed E-state index contributed by atoms with van der Waals surface area (Å²) in [7, 11) is -3.27. The fourth-order valence-corrected chi connectivity index (χ4v) is 2.40. The Balaban J connectivity index is 2.50. The minimum atomic E-state index is -3.27. The van der Waals surface area contributed by atoms with Crippen molar-refractivity contribution in [1.29, 1.82) is 0 Å². The van der Waals surface area contributed by atoms with Crippen molar-refractivity contribution >= 4 is 43.2 Å². The fourth-order valence-electron chi connectivity index (χ4n) is 1.44. The maximum absolute atomic E-state index is 11.6. The highest BCUT2D eigenvalue weighted by molar-refractivity contribution is 9.09. The number of unbranched alkanes of at least 4 members (excludes halogenated alkanes) is 1. The summed E-state index contributed by atoms with van der Waals surface area (Å²) < 4.78 is 24.4. The van der Waals surface area contributed by atoms with Gasteiger partial charge in [0.1, 0.15) is 0 Å². The summed E-state index contributed by atoms with van der Waals surface area (Å²) >= 11 is 3.31. The largest absolute Gasteiger partial charge is 0.326 e.